The zero-order chi connectivity index (χ0) is 42.9. The van der Waals surface area contributed by atoms with E-state index >= 15 is 0 Å². The minimum absolute atomic E-state index is 0.111. The number of rotatable bonds is 16. The number of fused-ring (bicyclic) bond motifs is 1. The standard InChI is InChI=1S/C55H55N2O5P/c1-55(2)60-53-51(36-42-18-8-3-9-19-42)56(38-44-28-32-48(33-29-44)58-40-46-22-12-5-13-23-46)63(62-50-26-16-7-17-27-50)57(52(54(53)61-55)37-43-20-10-4-11-21-43)39-45-30-34-49(35-31-45)59-41-47-24-14-6-15-25-47/h3-35,51-54H,36-41H2,1-2H3/t51-,52+,53-,54-,63?/m0/s1. The fraction of sp³-hybridized carbons (Fsp3) is 0.236. The van der Waals surface area contributed by atoms with Crippen molar-refractivity contribution in [2.45, 2.75) is 83.1 Å². The Morgan fingerprint density at radius 1 is 0.413 bits per heavy atom. The third-order valence-corrected chi connectivity index (χ3v) is 13.8. The van der Waals surface area contributed by atoms with Crippen LogP contribution in [0.3, 0.4) is 0 Å². The molecule has 0 spiro atoms. The molecule has 9 rings (SSSR count). The van der Waals surface area contributed by atoms with Crippen molar-refractivity contribution in [3.05, 3.63) is 234 Å². The van der Waals surface area contributed by atoms with E-state index < -0.39 is 14.2 Å². The molecule has 0 bridgehead atoms. The molecule has 1 unspecified atom stereocenters. The molecule has 63 heavy (non-hydrogen) atoms. The molecule has 0 N–H and O–H groups in total. The van der Waals surface area contributed by atoms with Gasteiger partial charge in [0.2, 0.25) is 8.45 Å². The van der Waals surface area contributed by atoms with Crippen molar-refractivity contribution in [2.75, 3.05) is 0 Å². The first-order chi connectivity index (χ1) is 30.9. The van der Waals surface area contributed by atoms with Crippen molar-refractivity contribution >= 4 is 8.45 Å². The number of benzene rings is 7. The van der Waals surface area contributed by atoms with Gasteiger partial charge in [-0.1, -0.05) is 164 Å². The quantitative estimate of drug-likeness (QED) is 0.0898. The highest BCUT2D eigenvalue weighted by molar-refractivity contribution is 7.47. The van der Waals surface area contributed by atoms with E-state index in [1.54, 1.807) is 0 Å². The summed E-state index contributed by atoms with van der Waals surface area (Å²) >= 11 is 0. The topological polar surface area (TPSA) is 52.6 Å². The predicted octanol–water partition coefficient (Wildman–Crippen LogP) is 12.2. The van der Waals surface area contributed by atoms with Crippen molar-refractivity contribution in [3.63, 3.8) is 0 Å². The Balaban J connectivity index is 1.13. The molecule has 2 saturated heterocycles. The molecule has 8 heteroatoms. The Morgan fingerprint density at radius 3 is 1.14 bits per heavy atom. The lowest BCUT2D eigenvalue weighted by Crippen LogP contribution is -2.48. The molecule has 7 nitrogen and oxygen atoms in total. The zero-order valence-corrected chi connectivity index (χ0v) is 36.9. The van der Waals surface area contributed by atoms with Gasteiger partial charge in [-0.15, -0.1) is 0 Å². The second-order valence-electron chi connectivity index (χ2n) is 16.8. The summed E-state index contributed by atoms with van der Waals surface area (Å²) in [6.07, 6.45) is 0.947. The van der Waals surface area contributed by atoms with Crippen LogP contribution >= 0.6 is 8.45 Å². The molecule has 2 heterocycles. The van der Waals surface area contributed by atoms with Gasteiger partial charge in [0.1, 0.15) is 42.7 Å². The van der Waals surface area contributed by atoms with Gasteiger partial charge in [-0.2, -0.15) is 0 Å². The second-order valence-corrected chi connectivity index (χ2v) is 18.5. The first-order valence-electron chi connectivity index (χ1n) is 21.9. The van der Waals surface area contributed by atoms with Crippen LogP contribution in [-0.4, -0.2) is 39.4 Å². The number of hydrogen-bond donors (Lipinski definition) is 0. The zero-order valence-electron chi connectivity index (χ0n) is 36.0. The third kappa shape index (κ3) is 11.1. The molecular formula is C55H55N2O5P. The largest absolute Gasteiger partial charge is 0.489 e. The van der Waals surface area contributed by atoms with E-state index in [2.05, 4.69) is 169 Å². The molecule has 320 valence electrons. The van der Waals surface area contributed by atoms with Gasteiger partial charge in [-0.05, 0) is 96.5 Å². The fourth-order valence-corrected chi connectivity index (χ4v) is 10.9. The van der Waals surface area contributed by atoms with Gasteiger partial charge >= 0.3 is 0 Å². The lowest BCUT2D eigenvalue weighted by atomic mass is 9.91. The summed E-state index contributed by atoms with van der Waals surface area (Å²) in [4.78, 5) is 0. The minimum atomic E-state index is -1.52. The van der Waals surface area contributed by atoms with E-state index in [4.69, 9.17) is 23.5 Å². The second kappa shape index (κ2) is 20.2. The van der Waals surface area contributed by atoms with E-state index in [0.29, 0.717) is 26.3 Å². The average Bonchev–Trinajstić information content (AvgIpc) is 3.63. The fourth-order valence-electron chi connectivity index (χ4n) is 8.58. The van der Waals surface area contributed by atoms with Gasteiger partial charge in [0.25, 0.3) is 0 Å². The number of ether oxygens (including phenoxy) is 4. The highest BCUT2D eigenvalue weighted by Gasteiger charge is 2.57. The van der Waals surface area contributed by atoms with Crippen LogP contribution in [0.2, 0.25) is 0 Å². The summed E-state index contributed by atoms with van der Waals surface area (Å²) in [5.41, 5.74) is 7.04. The van der Waals surface area contributed by atoms with Gasteiger partial charge in [0, 0.05) is 13.1 Å². The summed E-state index contributed by atoms with van der Waals surface area (Å²) in [6, 6.07) is 69.2. The first-order valence-corrected chi connectivity index (χ1v) is 23.1. The molecule has 5 atom stereocenters. The van der Waals surface area contributed by atoms with Gasteiger partial charge < -0.3 is 23.5 Å². The molecule has 0 aromatic heterocycles. The molecule has 2 aliphatic heterocycles. The Labute approximate surface area is 373 Å². The summed E-state index contributed by atoms with van der Waals surface area (Å²) in [7, 11) is -1.52. The van der Waals surface area contributed by atoms with Crippen molar-refractivity contribution < 1.29 is 23.5 Å². The normalized spacial score (nSPS) is 21.0. The van der Waals surface area contributed by atoms with Crippen LogP contribution in [0.4, 0.5) is 0 Å². The van der Waals surface area contributed by atoms with Crippen molar-refractivity contribution in [2.24, 2.45) is 0 Å². The minimum Gasteiger partial charge on any atom is -0.489 e. The first kappa shape index (κ1) is 42.5. The molecule has 0 aliphatic carbocycles. The van der Waals surface area contributed by atoms with Crippen LogP contribution in [0.5, 0.6) is 17.2 Å². The highest BCUT2D eigenvalue weighted by Crippen LogP contribution is 2.56. The number of para-hydroxylation sites is 1. The van der Waals surface area contributed by atoms with Gasteiger partial charge in [-0.3, -0.25) is 0 Å². The molecule has 7 aromatic rings. The number of nitrogens with zero attached hydrogens (tertiary/aromatic N) is 2. The Bertz CT molecular complexity index is 2290. The van der Waals surface area contributed by atoms with Gasteiger partial charge in [0.05, 0.1) is 12.1 Å². The van der Waals surface area contributed by atoms with Gasteiger partial charge in [-0.25, -0.2) is 9.34 Å². The molecular weight excluding hydrogens is 800 g/mol. The highest BCUT2D eigenvalue weighted by atomic mass is 31.2. The lowest BCUT2D eigenvalue weighted by Gasteiger charge is -2.42. The summed E-state index contributed by atoms with van der Waals surface area (Å²) < 4.78 is 39.4. The Hall–Kier alpha value is -5.79. The molecule has 2 aliphatic rings. The van der Waals surface area contributed by atoms with Crippen LogP contribution in [0, 0.1) is 0 Å². The van der Waals surface area contributed by atoms with E-state index in [1.165, 1.54) is 11.1 Å². The monoisotopic (exact) mass is 854 g/mol. The lowest BCUT2D eigenvalue weighted by molar-refractivity contribution is -0.155. The Kier molecular flexibility index (Phi) is 13.6. The third-order valence-electron chi connectivity index (χ3n) is 11.7. The van der Waals surface area contributed by atoms with Crippen molar-refractivity contribution in [1.82, 2.24) is 9.34 Å². The molecule has 2 fully saturated rings. The molecule has 0 amide bonds. The van der Waals surface area contributed by atoms with Crippen molar-refractivity contribution in [1.29, 1.82) is 0 Å². The smallest absolute Gasteiger partial charge is 0.249 e. The maximum Gasteiger partial charge on any atom is 0.249 e. The summed E-state index contributed by atoms with van der Waals surface area (Å²) in [6.45, 7) is 6.36. The van der Waals surface area contributed by atoms with Crippen LogP contribution in [-0.2, 0) is 48.6 Å². The average molecular weight is 855 g/mol. The van der Waals surface area contributed by atoms with Crippen LogP contribution in [0.25, 0.3) is 0 Å². The summed E-state index contributed by atoms with van der Waals surface area (Å²) in [5, 5.41) is 0. The van der Waals surface area contributed by atoms with E-state index in [-0.39, 0.29) is 24.3 Å². The number of hydrogen-bond acceptors (Lipinski definition) is 7. The van der Waals surface area contributed by atoms with Crippen LogP contribution in [0.15, 0.2) is 200 Å². The maximum absolute atomic E-state index is 7.44. The summed E-state index contributed by atoms with van der Waals surface area (Å²) in [5.74, 6) is 1.68. The van der Waals surface area contributed by atoms with E-state index in [0.717, 1.165) is 52.3 Å². The van der Waals surface area contributed by atoms with E-state index in [9.17, 15) is 0 Å². The molecule has 7 aromatic carbocycles. The maximum atomic E-state index is 7.44. The van der Waals surface area contributed by atoms with Crippen molar-refractivity contribution in [3.8, 4) is 17.2 Å². The van der Waals surface area contributed by atoms with Gasteiger partial charge in [0.15, 0.2) is 5.79 Å². The molecule has 0 saturated carbocycles. The van der Waals surface area contributed by atoms with Crippen LogP contribution in [0.1, 0.15) is 47.2 Å². The SMILES string of the molecule is CC1(C)O[C@@H]2[C@@H](O1)[C@H](Cc1ccccc1)N(Cc1ccc(OCc3ccccc3)cc1)P(Oc1ccccc1)N(Cc1ccc(OCc3ccccc3)cc1)[C@@H]2Cc1ccccc1. The van der Waals surface area contributed by atoms with Crippen LogP contribution < -0.4 is 14.0 Å². The predicted molar refractivity (Wildman–Crippen MR) is 251 cm³/mol. The van der Waals surface area contributed by atoms with E-state index in [1.807, 2.05) is 54.6 Å². The molecule has 0 radical (unpaired) electrons. The Morgan fingerprint density at radius 2 is 0.762 bits per heavy atom.